The van der Waals surface area contributed by atoms with Crippen molar-refractivity contribution >= 4 is 11.6 Å². The van der Waals surface area contributed by atoms with E-state index in [1.165, 1.54) is 0 Å². The van der Waals surface area contributed by atoms with Crippen molar-refractivity contribution in [1.82, 2.24) is 0 Å². The van der Waals surface area contributed by atoms with E-state index >= 15 is 0 Å². The summed E-state index contributed by atoms with van der Waals surface area (Å²) in [6.07, 6.45) is 0. The van der Waals surface area contributed by atoms with E-state index < -0.39 is 11.6 Å². The van der Waals surface area contributed by atoms with Gasteiger partial charge in [-0.1, -0.05) is 18.2 Å². The highest BCUT2D eigenvalue weighted by molar-refractivity contribution is 6.29. The van der Waals surface area contributed by atoms with Crippen molar-refractivity contribution in [2.75, 3.05) is 6.61 Å². The van der Waals surface area contributed by atoms with Crippen LogP contribution < -0.4 is 4.74 Å². The first-order valence-electron chi connectivity index (χ1n) is 3.42. The lowest BCUT2D eigenvalue weighted by Gasteiger charge is -2.03. The van der Waals surface area contributed by atoms with Gasteiger partial charge in [0.1, 0.15) is 24.0 Å². The molecule has 0 bridgehead atoms. The highest BCUT2D eigenvalue weighted by Crippen LogP contribution is 2.15. The minimum atomic E-state index is -0.810. The highest BCUT2D eigenvalue weighted by Gasteiger charge is 2.01. The summed E-state index contributed by atoms with van der Waals surface area (Å²) in [6, 6.07) is 3.90. The molecule has 0 amide bonds. The lowest BCUT2D eigenvalue weighted by atomic mass is 10.3. The Morgan fingerprint density at radius 2 is 2.23 bits per heavy atom. The Labute approximate surface area is 79.6 Å². The molecular weight excluding hydrogens is 198 g/mol. The Balaban J connectivity index is 2.71. The molecular formula is C9H6ClF2O. The van der Waals surface area contributed by atoms with E-state index in [0.717, 1.165) is 6.07 Å². The van der Waals surface area contributed by atoms with Crippen LogP contribution in [0.25, 0.3) is 0 Å². The Kier molecular flexibility index (Phi) is 3.25. The molecule has 0 aliphatic heterocycles. The maximum absolute atomic E-state index is 12.6. The van der Waals surface area contributed by atoms with Crippen molar-refractivity contribution in [2.45, 2.75) is 0 Å². The molecule has 0 aliphatic carbocycles. The first-order chi connectivity index (χ1) is 6.08. The maximum Gasteiger partial charge on any atom is 0.137 e. The number of ether oxygens (including phenoxy) is 1. The van der Waals surface area contributed by atoms with Crippen LogP contribution in [0.15, 0.2) is 23.7 Å². The first kappa shape index (κ1) is 9.99. The van der Waals surface area contributed by atoms with Gasteiger partial charge in [0.15, 0.2) is 0 Å². The molecule has 4 heteroatoms. The van der Waals surface area contributed by atoms with Gasteiger partial charge in [-0.25, -0.2) is 8.78 Å². The van der Waals surface area contributed by atoms with Gasteiger partial charge in [-0.05, 0) is 0 Å². The second-order valence-corrected chi connectivity index (χ2v) is 2.85. The predicted octanol–water partition coefficient (Wildman–Crippen LogP) is 2.90. The molecule has 0 saturated carbocycles. The molecule has 0 spiro atoms. The zero-order valence-electron chi connectivity index (χ0n) is 6.61. The van der Waals surface area contributed by atoms with Crippen LogP contribution in [-0.2, 0) is 0 Å². The quantitative estimate of drug-likeness (QED) is 0.734. The molecule has 13 heavy (non-hydrogen) atoms. The van der Waals surface area contributed by atoms with E-state index in [1.807, 2.05) is 0 Å². The molecule has 0 aliphatic rings. The molecule has 0 N–H and O–H groups in total. The van der Waals surface area contributed by atoms with Crippen LogP contribution in [0.1, 0.15) is 0 Å². The summed E-state index contributed by atoms with van der Waals surface area (Å²) in [4.78, 5) is 0. The van der Waals surface area contributed by atoms with E-state index in [0.29, 0.717) is 6.07 Å². The normalized spacial score (nSPS) is 9.77. The molecule has 1 aromatic carbocycles. The maximum atomic E-state index is 12.6. The Bertz CT molecular complexity index is 305. The van der Waals surface area contributed by atoms with Crippen molar-refractivity contribution in [1.29, 1.82) is 0 Å². The van der Waals surface area contributed by atoms with Crippen molar-refractivity contribution in [2.24, 2.45) is 0 Å². The third-order valence-corrected chi connectivity index (χ3v) is 1.27. The summed E-state index contributed by atoms with van der Waals surface area (Å²) >= 11 is 5.39. The standard InChI is InChI=1S/C9H6ClF2O/c1-6(10)5-13-9-3-7(11)2-8(12)4-9/h2-3H,1,5H2. The molecule has 1 radical (unpaired) electrons. The van der Waals surface area contributed by atoms with Gasteiger partial charge >= 0.3 is 0 Å². The van der Waals surface area contributed by atoms with E-state index in [-0.39, 0.29) is 17.4 Å². The minimum Gasteiger partial charge on any atom is -0.487 e. The predicted molar refractivity (Wildman–Crippen MR) is 45.7 cm³/mol. The second kappa shape index (κ2) is 4.23. The van der Waals surface area contributed by atoms with Crippen LogP contribution in [0.3, 0.4) is 0 Å². The Morgan fingerprint density at radius 1 is 1.54 bits per heavy atom. The van der Waals surface area contributed by atoms with Crippen molar-refractivity contribution in [3.05, 3.63) is 41.4 Å². The van der Waals surface area contributed by atoms with Crippen LogP contribution in [0.5, 0.6) is 5.75 Å². The van der Waals surface area contributed by atoms with Crippen LogP contribution >= 0.6 is 11.6 Å². The van der Waals surface area contributed by atoms with Gasteiger partial charge in [-0.3, -0.25) is 0 Å². The van der Waals surface area contributed by atoms with Gasteiger partial charge in [0, 0.05) is 17.2 Å². The zero-order valence-corrected chi connectivity index (χ0v) is 7.37. The molecule has 1 aromatic rings. The fraction of sp³-hybridized carbons (Fsp3) is 0.111. The molecule has 0 aromatic heterocycles. The molecule has 0 unspecified atom stereocenters. The fourth-order valence-electron chi connectivity index (χ4n) is 0.712. The van der Waals surface area contributed by atoms with Crippen LogP contribution in [0, 0.1) is 17.7 Å². The zero-order chi connectivity index (χ0) is 9.84. The summed E-state index contributed by atoms with van der Waals surface area (Å²) in [5.74, 6) is -1.55. The van der Waals surface area contributed by atoms with Crippen molar-refractivity contribution in [3.8, 4) is 5.75 Å². The van der Waals surface area contributed by atoms with E-state index in [2.05, 4.69) is 12.6 Å². The lowest BCUT2D eigenvalue weighted by Crippen LogP contribution is -1.97. The molecule has 0 atom stereocenters. The summed E-state index contributed by atoms with van der Waals surface area (Å²) in [5.41, 5.74) is 0. The van der Waals surface area contributed by atoms with Crippen LogP contribution in [0.2, 0.25) is 0 Å². The van der Waals surface area contributed by atoms with Crippen LogP contribution in [-0.4, -0.2) is 6.61 Å². The SMILES string of the molecule is C=C(Cl)COc1[c]c(F)cc(F)c1. The highest BCUT2D eigenvalue weighted by atomic mass is 35.5. The minimum absolute atomic E-state index is 0.000941. The smallest absolute Gasteiger partial charge is 0.137 e. The molecule has 1 nitrogen and oxygen atoms in total. The monoisotopic (exact) mass is 203 g/mol. The first-order valence-corrected chi connectivity index (χ1v) is 3.80. The number of hydrogen-bond acceptors (Lipinski definition) is 1. The molecule has 69 valence electrons. The number of halogens is 3. The van der Waals surface area contributed by atoms with E-state index in [4.69, 9.17) is 16.3 Å². The molecule has 0 fully saturated rings. The van der Waals surface area contributed by atoms with Gasteiger partial charge in [0.05, 0.1) is 6.07 Å². The summed E-state index contributed by atoms with van der Waals surface area (Å²) in [5, 5.41) is 0.248. The summed E-state index contributed by atoms with van der Waals surface area (Å²) in [6.45, 7) is 3.36. The van der Waals surface area contributed by atoms with E-state index in [9.17, 15) is 8.78 Å². The average molecular weight is 204 g/mol. The number of rotatable bonds is 3. The number of benzene rings is 1. The van der Waals surface area contributed by atoms with Gasteiger partial charge in [0.2, 0.25) is 0 Å². The fourth-order valence-corrected chi connectivity index (χ4v) is 0.766. The third kappa shape index (κ3) is 3.42. The van der Waals surface area contributed by atoms with Gasteiger partial charge in [-0.15, -0.1) is 0 Å². The summed E-state index contributed by atoms with van der Waals surface area (Å²) < 4.78 is 29.9. The van der Waals surface area contributed by atoms with Gasteiger partial charge in [0.25, 0.3) is 0 Å². The lowest BCUT2D eigenvalue weighted by molar-refractivity contribution is 0.353. The molecule has 1 rings (SSSR count). The Hall–Kier alpha value is -1.09. The van der Waals surface area contributed by atoms with Gasteiger partial charge in [-0.2, -0.15) is 0 Å². The van der Waals surface area contributed by atoms with E-state index in [1.54, 1.807) is 0 Å². The third-order valence-electron chi connectivity index (χ3n) is 1.16. The Morgan fingerprint density at radius 3 is 2.77 bits per heavy atom. The van der Waals surface area contributed by atoms with Crippen LogP contribution in [0.4, 0.5) is 8.78 Å². The average Bonchev–Trinajstić information content (AvgIpc) is 1.99. The summed E-state index contributed by atoms with van der Waals surface area (Å²) in [7, 11) is 0. The number of hydrogen-bond donors (Lipinski definition) is 0. The largest absolute Gasteiger partial charge is 0.487 e. The molecule has 0 heterocycles. The second-order valence-electron chi connectivity index (χ2n) is 2.32. The molecule has 0 saturated heterocycles. The van der Waals surface area contributed by atoms with Crippen molar-refractivity contribution < 1.29 is 13.5 Å². The van der Waals surface area contributed by atoms with Gasteiger partial charge < -0.3 is 4.74 Å². The topological polar surface area (TPSA) is 9.23 Å². The van der Waals surface area contributed by atoms with Crippen molar-refractivity contribution in [3.63, 3.8) is 0 Å².